The van der Waals surface area contributed by atoms with Gasteiger partial charge < -0.3 is 10.6 Å². The molecule has 116 valence electrons. The molecule has 1 amide bonds. The summed E-state index contributed by atoms with van der Waals surface area (Å²) in [5, 5.41) is 5.53. The zero-order valence-electron chi connectivity index (χ0n) is 11.5. The van der Waals surface area contributed by atoms with E-state index in [-0.39, 0.29) is 11.6 Å². The van der Waals surface area contributed by atoms with Crippen LogP contribution in [-0.2, 0) is 11.0 Å². The fourth-order valence-corrected chi connectivity index (χ4v) is 2.53. The maximum absolute atomic E-state index is 13.2. The average Bonchev–Trinajstić information content (AvgIpc) is 2.89. The van der Waals surface area contributed by atoms with Crippen LogP contribution in [0.3, 0.4) is 0 Å². The number of nitrogens with one attached hydrogen (secondary N) is 2. The Morgan fingerprint density at radius 1 is 1.43 bits per heavy atom. The number of halogens is 4. The lowest BCUT2D eigenvalue weighted by atomic mass is 9.93. The molecule has 1 aromatic carbocycles. The first-order valence-electron chi connectivity index (χ1n) is 6.72. The summed E-state index contributed by atoms with van der Waals surface area (Å²) in [6, 6.07) is 2.45. The van der Waals surface area contributed by atoms with Crippen LogP contribution in [0.5, 0.6) is 0 Å². The van der Waals surface area contributed by atoms with Crippen molar-refractivity contribution in [3.05, 3.63) is 29.6 Å². The van der Waals surface area contributed by atoms with Crippen molar-refractivity contribution >= 4 is 11.6 Å². The summed E-state index contributed by atoms with van der Waals surface area (Å²) in [6.07, 6.45) is -2.80. The Kier molecular flexibility index (Phi) is 4.22. The highest BCUT2D eigenvalue weighted by molar-refractivity contribution is 5.98. The number of alkyl halides is 3. The monoisotopic (exact) mass is 304 g/mol. The van der Waals surface area contributed by atoms with E-state index in [4.69, 9.17) is 0 Å². The number of carbonyl (C=O) groups excluding carboxylic acids is 1. The number of amides is 1. The van der Waals surface area contributed by atoms with E-state index in [2.05, 4.69) is 10.6 Å². The molecular weight excluding hydrogens is 288 g/mol. The maximum atomic E-state index is 13.2. The molecule has 0 spiro atoms. The van der Waals surface area contributed by atoms with E-state index in [9.17, 15) is 22.4 Å². The summed E-state index contributed by atoms with van der Waals surface area (Å²) >= 11 is 0. The number of hydrogen-bond donors (Lipinski definition) is 2. The van der Waals surface area contributed by atoms with Crippen LogP contribution < -0.4 is 10.6 Å². The number of rotatable bonds is 3. The number of hydrogen-bond acceptors (Lipinski definition) is 2. The highest BCUT2D eigenvalue weighted by Gasteiger charge is 2.39. The first-order valence-corrected chi connectivity index (χ1v) is 6.72. The fourth-order valence-electron chi connectivity index (χ4n) is 2.53. The summed E-state index contributed by atoms with van der Waals surface area (Å²) < 4.78 is 51.1. The van der Waals surface area contributed by atoms with Crippen LogP contribution >= 0.6 is 0 Å². The highest BCUT2D eigenvalue weighted by atomic mass is 19.4. The fraction of sp³-hybridized carbons (Fsp3) is 0.500. The molecular formula is C14H16F4N2O. The standard InChI is InChI=1S/C14H16F4N2O/c1-2-13(6-3-7-19-13)12(21)20-9-4-5-11(15)10(8-9)14(16,17)18/h4-5,8,19H,2-3,6-7H2,1H3,(H,20,21). The average molecular weight is 304 g/mol. The third-order valence-corrected chi connectivity index (χ3v) is 3.81. The van der Waals surface area contributed by atoms with Crippen molar-refractivity contribution < 1.29 is 22.4 Å². The molecule has 0 aliphatic carbocycles. The molecule has 1 fully saturated rings. The molecule has 1 aromatic rings. The van der Waals surface area contributed by atoms with Gasteiger partial charge in [0.1, 0.15) is 5.82 Å². The third kappa shape index (κ3) is 3.18. The lowest BCUT2D eigenvalue weighted by molar-refractivity contribution is -0.140. The van der Waals surface area contributed by atoms with E-state index >= 15 is 0 Å². The maximum Gasteiger partial charge on any atom is 0.419 e. The van der Waals surface area contributed by atoms with E-state index < -0.39 is 23.1 Å². The first kappa shape index (κ1) is 15.8. The Bertz CT molecular complexity index is 536. The van der Waals surface area contributed by atoms with Crippen LogP contribution in [0.25, 0.3) is 0 Å². The minimum absolute atomic E-state index is 0.0600. The summed E-state index contributed by atoms with van der Waals surface area (Å²) in [6.45, 7) is 2.53. The van der Waals surface area contributed by atoms with Gasteiger partial charge in [-0.15, -0.1) is 0 Å². The zero-order valence-corrected chi connectivity index (χ0v) is 11.5. The lowest BCUT2D eigenvalue weighted by Crippen LogP contribution is -2.50. The van der Waals surface area contributed by atoms with Gasteiger partial charge in [-0.3, -0.25) is 4.79 Å². The second-order valence-electron chi connectivity index (χ2n) is 5.11. The van der Waals surface area contributed by atoms with E-state index in [0.717, 1.165) is 12.5 Å². The molecule has 1 aliphatic rings. The predicted octanol–water partition coefficient (Wildman–Crippen LogP) is 3.32. The van der Waals surface area contributed by atoms with E-state index in [1.165, 1.54) is 0 Å². The van der Waals surface area contributed by atoms with Crippen LogP contribution in [0.2, 0.25) is 0 Å². The van der Waals surface area contributed by atoms with Gasteiger partial charge in [0.05, 0.1) is 11.1 Å². The van der Waals surface area contributed by atoms with Gasteiger partial charge in [-0.1, -0.05) is 6.92 Å². The molecule has 7 heteroatoms. The van der Waals surface area contributed by atoms with Crippen molar-refractivity contribution in [1.29, 1.82) is 0 Å². The molecule has 0 radical (unpaired) electrons. The molecule has 0 saturated carbocycles. The van der Waals surface area contributed by atoms with Crippen molar-refractivity contribution in [1.82, 2.24) is 5.32 Å². The molecule has 1 atom stereocenters. The smallest absolute Gasteiger partial charge is 0.324 e. The summed E-state index contributed by atoms with van der Waals surface area (Å²) in [5.74, 6) is -1.74. The summed E-state index contributed by atoms with van der Waals surface area (Å²) in [4.78, 5) is 12.3. The molecule has 0 aromatic heterocycles. The van der Waals surface area contributed by atoms with E-state index in [1.54, 1.807) is 0 Å². The second-order valence-corrected chi connectivity index (χ2v) is 5.11. The van der Waals surface area contributed by atoms with Crippen molar-refractivity contribution in [2.24, 2.45) is 0 Å². The third-order valence-electron chi connectivity index (χ3n) is 3.81. The lowest BCUT2D eigenvalue weighted by Gasteiger charge is -2.26. The number of carbonyl (C=O) groups is 1. The molecule has 21 heavy (non-hydrogen) atoms. The van der Waals surface area contributed by atoms with E-state index in [1.807, 2.05) is 6.92 Å². The minimum atomic E-state index is -4.79. The highest BCUT2D eigenvalue weighted by Crippen LogP contribution is 2.33. The molecule has 2 rings (SSSR count). The Morgan fingerprint density at radius 3 is 2.67 bits per heavy atom. The van der Waals surface area contributed by atoms with Gasteiger partial charge in [-0.2, -0.15) is 13.2 Å². The van der Waals surface area contributed by atoms with Crippen molar-refractivity contribution in [2.75, 3.05) is 11.9 Å². The Hall–Kier alpha value is -1.63. The Labute approximate surface area is 119 Å². The second kappa shape index (κ2) is 5.63. The predicted molar refractivity (Wildman–Crippen MR) is 70.3 cm³/mol. The topological polar surface area (TPSA) is 41.1 Å². The normalized spacial score (nSPS) is 22.3. The van der Waals surface area contributed by atoms with Crippen molar-refractivity contribution in [3.63, 3.8) is 0 Å². The van der Waals surface area contributed by atoms with Crippen LogP contribution in [0, 0.1) is 5.82 Å². The van der Waals surface area contributed by atoms with E-state index in [0.29, 0.717) is 31.5 Å². The summed E-state index contributed by atoms with van der Waals surface area (Å²) in [7, 11) is 0. The summed E-state index contributed by atoms with van der Waals surface area (Å²) in [5.41, 5.74) is -2.20. The Balaban J connectivity index is 2.22. The van der Waals surface area contributed by atoms with Gasteiger partial charge in [0.25, 0.3) is 0 Å². The molecule has 1 heterocycles. The van der Waals surface area contributed by atoms with Gasteiger partial charge in [-0.05, 0) is 44.0 Å². The van der Waals surface area contributed by atoms with Crippen LogP contribution in [0.15, 0.2) is 18.2 Å². The molecule has 3 nitrogen and oxygen atoms in total. The Morgan fingerprint density at radius 2 is 2.14 bits per heavy atom. The first-order chi connectivity index (χ1) is 9.78. The van der Waals surface area contributed by atoms with Crippen LogP contribution in [-0.4, -0.2) is 18.0 Å². The van der Waals surface area contributed by atoms with Gasteiger partial charge in [0, 0.05) is 5.69 Å². The molecule has 1 unspecified atom stereocenters. The molecule has 1 aliphatic heterocycles. The molecule has 2 N–H and O–H groups in total. The van der Waals surface area contributed by atoms with Gasteiger partial charge in [0.15, 0.2) is 0 Å². The largest absolute Gasteiger partial charge is 0.419 e. The zero-order chi connectivity index (χ0) is 15.7. The van der Waals surface area contributed by atoms with Gasteiger partial charge >= 0.3 is 6.18 Å². The number of anilines is 1. The van der Waals surface area contributed by atoms with Crippen molar-refractivity contribution in [3.8, 4) is 0 Å². The number of benzene rings is 1. The van der Waals surface area contributed by atoms with Crippen LogP contribution in [0.1, 0.15) is 31.7 Å². The minimum Gasteiger partial charge on any atom is -0.324 e. The van der Waals surface area contributed by atoms with Gasteiger partial charge in [0.2, 0.25) is 5.91 Å². The van der Waals surface area contributed by atoms with Gasteiger partial charge in [-0.25, -0.2) is 4.39 Å². The molecule has 1 saturated heterocycles. The van der Waals surface area contributed by atoms with Crippen molar-refractivity contribution in [2.45, 2.75) is 37.9 Å². The quantitative estimate of drug-likeness (QED) is 0.841. The van der Waals surface area contributed by atoms with Crippen LogP contribution in [0.4, 0.5) is 23.2 Å². The molecule has 0 bridgehead atoms. The SMILES string of the molecule is CCC1(C(=O)Nc2ccc(F)c(C(F)(F)F)c2)CCCN1.